The minimum atomic E-state index is -0.529. The number of aromatic nitrogens is 1. The van der Waals surface area contributed by atoms with Gasteiger partial charge in [0.15, 0.2) is 5.69 Å². The number of rotatable bonds is 2. The van der Waals surface area contributed by atoms with Gasteiger partial charge in [0.2, 0.25) is 6.29 Å². The molecule has 1 aromatic rings. The molecule has 0 aromatic carbocycles. The van der Waals surface area contributed by atoms with Gasteiger partial charge >= 0.3 is 5.97 Å². The van der Waals surface area contributed by atoms with Gasteiger partial charge in [-0.05, 0) is 13.3 Å². The second-order valence-corrected chi connectivity index (χ2v) is 4.80. The van der Waals surface area contributed by atoms with Crippen LogP contribution in [0, 0.1) is 6.92 Å². The summed E-state index contributed by atoms with van der Waals surface area (Å²) in [5.74, 6) is -0.441. The first-order valence-electron chi connectivity index (χ1n) is 5.15. The van der Waals surface area contributed by atoms with E-state index < -0.39 is 12.3 Å². The molecule has 0 aliphatic carbocycles. The maximum Gasteiger partial charge on any atom is 0.360 e. The Morgan fingerprint density at radius 3 is 3.19 bits per heavy atom. The standard InChI is InChI=1S/C10H14N2O3S/c1-6-12-8(5-16-6)10(13)15-9-4-7(11)2-3-14-9/h5,7,9H,2-4,11H2,1H3. The van der Waals surface area contributed by atoms with Gasteiger partial charge in [-0.2, -0.15) is 0 Å². The smallest absolute Gasteiger partial charge is 0.360 e. The number of carbonyl (C=O) groups excluding carboxylic acids is 1. The van der Waals surface area contributed by atoms with Crippen molar-refractivity contribution in [3.05, 3.63) is 16.1 Å². The van der Waals surface area contributed by atoms with Crippen LogP contribution in [0.3, 0.4) is 0 Å². The molecule has 1 aliphatic rings. The number of ether oxygens (including phenoxy) is 2. The molecule has 16 heavy (non-hydrogen) atoms. The van der Waals surface area contributed by atoms with Crippen molar-refractivity contribution in [3.63, 3.8) is 0 Å². The van der Waals surface area contributed by atoms with E-state index in [0.717, 1.165) is 11.4 Å². The second kappa shape index (κ2) is 4.90. The Morgan fingerprint density at radius 1 is 1.75 bits per heavy atom. The maximum absolute atomic E-state index is 11.6. The van der Waals surface area contributed by atoms with Crippen molar-refractivity contribution in [2.24, 2.45) is 5.73 Å². The molecule has 2 atom stereocenters. The van der Waals surface area contributed by atoms with E-state index in [1.54, 1.807) is 5.38 Å². The van der Waals surface area contributed by atoms with Crippen LogP contribution in [0.5, 0.6) is 0 Å². The first-order chi connectivity index (χ1) is 7.65. The molecule has 1 fully saturated rings. The molecule has 1 aromatic heterocycles. The fraction of sp³-hybridized carbons (Fsp3) is 0.600. The number of aryl methyl sites for hydroxylation is 1. The minimum absolute atomic E-state index is 0.0451. The third-order valence-electron chi connectivity index (χ3n) is 2.35. The summed E-state index contributed by atoms with van der Waals surface area (Å²) in [5, 5.41) is 2.52. The van der Waals surface area contributed by atoms with Crippen molar-refractivity contribution in [3.8, 4) is 0 Å². The predicted molar refractivity (Wildman–Crippen MR) is 59.2 cm³/mol. The molecule has 2 N–H and O–H groups in total. The molecule has 2 unspecified atom stereocenters. The van der Waals surface area contributed by atoms with Gasteiger partial charge in [-0.3, -0.25) is 0 Å². The van der Waals surface area contributed by atoms with E-state index in [4.69, 9.17) is 15.2 Å². The van der Waals surface area contributed by atoms with Gasteiger partial charge in [-0.1, -0.05) is 0 Å². The van der Waals surface area contributed by atoms with Gasteiger partial charge in [-0.15, -0.1) is 11.3 Å². The quantitative estimate of drug-likeness (QED) is 0.785. The molecule has 6 heteroatoms. The van der Waals surface area contributed by atoms with E-state index in [2.05, 4.69) is 4.98 Å². The first-order valence-corrected chi connectivity index (χ1v) is 6.03. The fourth-order valence-electron chi connectivity index (χ4n) is 1.50. The molecule has 5 nitrogen and oxygen atoms in total. The minimum Gasteiger partial charge on any atom is -0.431 e. The number of hydrogen-bond acceptors (Lipinski definition) is 6. The molecular weight excluding hydrogens is 228 g/mol. The van der Waals surface area contributed by atoms with Gasteiger partial charge in [0, 0.05) is 17.8 Å². The summed E-state index contributed by atoms with van der Waals surface area (Å²) in [6.45, 7) is 2.38. The number of carbonyl (C=O) groups is 1. The summed E-state index contributed by atoms with van der Waals surface area (Å²) < 4.78 is 10.5. The lowest BCUT2D eigenvalue weighted by Gasteiger charge is -2.26. The molecular formula is C10H14N2O3S. The van der Waals surface area contributed by atoms with E-state index in [9.17, 15) is 4.79 Å². The van der Waals surface area contributed by atoms with Crippen molar-refractivity contribution in [2.45, 2.75) is 32.1 Å². The van der Waals surface area contributed by atoms with Crippen LogP contribution >= 0.6 is 11.3 Å². The molecule has 2 heterocycles. The Hall–Kier alpha value is -0.980. The molecule has 1 aliphatic heterocycles. The van der Waals surface area contributed by atoms with Crippen LogP contribution in [0.15, 0.2) is 5.38 Å². The Kier molecular flexibility index (Phi) is 3.52. The predicted octanol–water partition coefficient (Wildman–Crippen LogP) is 1.07. The molecule has 0 saturated carbocycles. The van der Waals surface area contributed by atoms with Crippen LogP contribution < -0.4 is 5.73 Å². The van der Waals surface area contributed by atoms with Crippen molar-refractivity contribution < 1.29 is 14.3 Å². The molecule has 0 spiro atoms. The molecule has 1 saturated heterocycles. The van der Waals surface area contributed by atoms with Crippen LogP contribution in [0.4, 0.5) is 0 Å². The second-order valence-electron chi connectivity index (χ2n) is 3.74. The zero-order valence-corrected chi connectivity index (χ0v) is 9.83. The van der Waals surface area contributed by atoms with Crippen LogP contribution in [0.1, 0.15) is 28.3 Å². The van der Waals surface area contributed by atoms with Gasteiger partial charge in [-0.25, -0.2) is 9.78 Å². The number of nitrogens with zero attached hydrogens (tertiary/aromatic N) is 1. The van der Waals surface area contributed by atoms with E-state index >= 15 is 0 Å². The van der Waals surface area contributed by atoms with Crippen LogP contribution in [-0.4, -0.2) is 29.9 Å². The fourth-order valence-corrected chi connectivity index (χ4v) is 2.09. The van der Waals surface area contributed by atoms with Crippen molar-refractivity contribution in [2.75, 3.05) is 6.61 Å². The SMILES string of the molecule is Cc1nc(C(=O)OC2CC(N)CCO2)cs1. The van der Waals surface area contributed by atoms with Gasteiger partial charge in [0.05, 0.1) is 11.6 Å². The highest BCUT2D eigenvalue weighted by molar-refractivity contribution is 7.09. The summed E-state index contributed by atoms with van der Waals surface area (Å²) in [7, 11) is 0. The zero-order valence-electron chi connectivity index (χ0n) is 9.01. The first kappa shape index (κ1) is 11.5. The van der Waals surface area contributed by atoms with Gasteiger partial charge in [0.1, 0.15) is 0 Å². The molecule has 88 valence electrons. The third-order valence-corrected chi connectivity index (χ3v) is 3.13. The largest absolute Gasteiger partial charge is 0.431 e. The van der Waals surface area contributed by atoms with Gasteiger partial charge < -0.3 is 15.2 Å². The average molecular weight is 242 g/mol. The van der Waals surface area contributed by atoms with E-state index in [-0.39, 0.29) is 6.04 Å². The van der Waals surface area contributed by atoms with Crippen molar-refractivity contribution >= 4 is 17.3 Å². The van der Waals surface area contributed by atoms with E-state index in [1.165, 1.54) is 11.3 Å². The number of thiazole rings is 1. The lowest BCUT2D eigenvalue weighted by Crippen LogP contribution is -2.37. The molecule has 0 amide bonds. The van der Waals surface area contributed by atoms with Crippen LogP contribution in [0.2, 0.25) is 0 Å². The van der Waals surface area contributed by atoms with E-state index in [0.29, 0.717) is 18.7 Å². The maximum atomic E-state index is 11.6. The Balaban J connectivity index is 1.92. The lowest BCUT2D eigenvalue weighted by molar-refractivity contribution is -0.135. The zero-order chi connectivity index (χ0) is 11.5. The topological polar surface area (TPSA) is 74.4 Å². The van der Waals surface area contributed by atoms with Crippen molar-refractivity contribution in [1.82, 2.24) is 4.98 Å². The summed E-state index contributed by atoms with van der Waals surface area (Å²) >= 11 is 1.42. The highest BCUT2D eigenvalue weighted by atomic mass is 32.1. The normalized spacial score (nSPS) is 25.4. The Labute approximate surface area is 97.6 Å². The van der Waals surface area contributed by atoms with Crippen LogP contribution in [-0.2, 0) is 9.47 Å². The molecule has 0 radical (unpaired) electrons. The lowest BCUT2D eigenvalue weighted by atomic mass is 10.1. The third kappa shape index (κ3) is 2.78. The summed E-state index contributed by atoms with van der Waals surface area (Å²) in [6, 6.07) is 0.0451. The summed E-state index contributed by atoms with van der Waals surface area (Å²) in [5.41, 5.74) is 6.10. The van der Waals surface area contributed by atoms with E-state index in [1.807, 2.05) is 6.92 Å². The van der Waals surface area contributed by atoms with Gasteiger partial charge in [0.25, 0.3) is 0 Å². The highest BCUT2D eigenvalue weighted by Crippen LogP contribution is 2.16. The van der Waals surface area contributed by atoms with Crippen molar-refractivity contribution in [1.29, 1.82) is 0 Å². The average Bonchev–Trinajstić information content (AvgIpc) is 2.65. The van der Waals surface area contributed by atoms with Crippen LogP contribution in [0.25, 0.3) is 0 Å². The summed E-state index contributed by atoms with van der Waals surface area (Å²) in [6.07, 6.45) is 0.830. The molecule has 0 bridgehead atoms. The highest BCUT2D eigenvalue weighted by Gasteiger charge is 2.24. The Bertz CT molecular complexity index is 380. The monoisotopic (exact) mass is 242 g/mol. The number of esters is 1. The number of nitrogens with two attached hydrogens (primary N) is 1. The summed E-state index contributed by atoms with van der Waals surface area (Å²) in [4.78, 5) is 15.7. The Morgan fingerprint density at radius 2 is 2.56 bits per heavy atom. The number of hydrogen-bond donors (Lipinski definition) is 1. The molecule has 2 rings (SSSR count).